The van der Waals surface area contributed by atoms with E-state index in [0.29, 0.717) is 21.1 Å². The quantitative estimate of drug-likeness (QED) is 0.817. The summed E-state index contributed by atoms with van der Waals surface area (Å²) in [5.74, 6) is 0.835. The Bertz CT molecular complexity index is 650. The zero-order chi connectivity index (χ0) is 13.3. The van der Waals surface area contributed by atoms with E-state index in [-0.39, 0.29) is 0 Å². The molecule has 0 aliphatic heterocycles. The predicted molar refractivity (Wildman–Crippen MR) is 78.2 cm³/mol. The maximum absolute atomic E-state index is 5.98. The van der Waals surface area contributed by atoms with Gasteiger partial charge in [-0.2, -0.15) is 0 Å². The van der Waals surface area contributed by atoms with E-state index < -0.39 is 0 Å². The van der Waals surface area contributed by atoms with Gasteiger partial charge in [-0.3, -0.25) is 0 Å². The molecule has 0 atom stereocenters. The molecular weight excluding hydrogens is 287 g/mol. The summed E-state index contributed by atoms with van der Waals surface area (Å²) in [7, 11) is 0. The van der Waals surface area contributed by atoms with Crippen LogP contribution >= 0.6 is 35.4 Å². The number of benzene rings is 1. The summed E-state index contributed by atoms with van der Waals surface area (Å²) in [5.41, 5.74) is 3.11. The van der Waals surface area contributed by atoms with E-state index in [1.54, 1.807) is 6.07 Å². The van der Waals surface area contributed by atoms with Gasteiger partial charge in [-0.15, -0.1) is 0 Å². The SMILES string of the molecule is Cc1[nH]c(Cc2ccc(Cl)c(Cl)c2)nc(=S)c1C. The summed E-state index contributed by atoms with van der Waals surface area (Å²) in [6, 6.07) is 5.56. The van der Waals surface area contributed by atoms with Crippen molar-refractivity contribution >= 4 is 35.4 Å². The Balaban J connectivity index is 2.34. The summed E-state index contributed by atoms with van der Waals surface area (Å²) in [5, 5.41) is 1.11. The van der Waals surface area contributed by atoms with Crippen molar-refractivity contribution in [1.82, 2.24) is 9.97 Å². The van der Waals surface area contributed by atoms with Gasteiger partial charge >= 0.3 is 0 Å². The van der Waals surface area contributed by atoms with Crippen LogP contribution in [-0.2, 0) is 6.42 Å². The van der Waals surface area contributed by atoms with Crippen LogP contribution in [0.15, 0.2) is 18.2 Å². The number of H-pyrrole nitrogens is 1. The highest BCUT2D eigenvalue weighted by atomic mass is 35.5. The monoisotopic (exact) mass is 298 g/mol. The Morgan fingerprint density at radius 3 is 2.56 bits per heavy atom. The molecule has 0 saturated carbocycles. The molecule has 2 aromatic rings. The molecule has 5 heteroatoms. The second kappa shape index (κ2) is 5.39. The van der Waals surface area contributed by atoms with Gasteiger partial charge in [-0.05, 0) is 31.5 Å². The van der Waals surface area contributed by atoms with E-state index in [1.807, 2.05) is 26.0 Å². The molecule has 0 amide bonds. The summed E-state index contributed by atoms with van der Waals surface area (Å²) in [4.78, 5) is 7.61. The van der Waals surface area contributed by atoms with Gasteiger partial charge in [-0.25, -0.2) is 4.98 Å². The number of nitrogens with zero attached hydrogens (tertiary/aromatic N) is 1. The van der Waals surface area contributed by atoms with Crippen molar-refractivity contribution in [2.45, 2.75) is 20.3 Å². The molecule has 94 valence electrons. The molecule has 0 aliphatic carbocycles. The minimum absolute atomic E-state index is 0.552. The number of aromatic nitrogens is 2. The minimum atomic E-state index is 0.552. The van der Waals surface area contributed by atoms with Crippen molar-refractivity contribution in [3.8, 4) is 0 Å². The fourth-order valence-electron chi connectivity index (χ4n) is 1.63. The second-order valence-electron chi connectivity index (χ2n) is 4.16. The van der Waals surface area contributed by atoms with E-state index >= 15 is 0 Å². The standard InChI is InChI=1S/C13H12Cl2N2S/c1-7-8(2)16-12(17-13(7)18)6-9-3-4-10(14)11(15)5-9/h3-5H,6H2,1-2H3,(H,16,17,18). The van der Waals surface area contributed by atoms with E-state index in [1.165, 1.54) is 0 Å². The normalized spacial score (nSPS) is 10.7. The van der Waals surface area contributed by atoms with Gasteiger partial charge < -0.3 is 4.98 Å². The second-order valence-corrected chi connectivity index (χ2v) is 5.36. The summed E-state index contributed by atoms with van der Waals surface area (Å²) >= 11 is 17.1. The third-order valence-electron chi connectivity index (χ3n) is 2.81. The van der Waals surface area contributed by atoms with Gasteiger partial charge in [0.25, 0.3) is 0 Å². The van der Waals surface area contributed by atoms with Crippen molar-refractivity contribution in [2.75, 3.05) is 0 Å². The number of rotatable bonds is 2. The molecule has 0 spiro atoms. The van der Waals surface area contributed by atoms with Gasteiger partial charge in [0.05, 0.1) is 10.0 Å². The number of hydrogen-bond acceptors (Lipinski definition) is 2. The highest BCUT2D eigenvalue weighted by Crippen LogP contribution is 2.23. The lowest BCUT2D eigenvalue weighted by atomic mass is 10.1. The van der Waals surface area contributed by atoms with Gasteiger partial charge in [0.15, 0.2) is 0 Å². The average Bonchev–Trinajstić information content (AvgIpc) is 2.31. The maximum atomic E-state index is 5.98. The van der Waals surface area contributed by atoms with Crippen LogP contribution in [0.25, 0.3) is 0 Å². The van der Waals surface area contributed by atoms with Gasteiger partial charge in [0.2, 0.25) is 0 Å². The van der Waals surface area contributed by atoms with E-state index in [9.17, 15) is 0 Å². The average molecular weight is 299 g/mol. The van der Waals surface area contributed by atoms with Crippen LogP contribution in [0.5, 0.6) is 0 Å². The highest BCUT2D eigenvalue weighted by molar-refractivity contribution is 7.71. The zero-order valence-corrected chi connectivity index (χ0v) is 12.4. The number of aromatic amines is 1. The molecule has 1 aromatic heterocycles. The topological polar surface area (TPSA) is 28.7 Å². The summed E-state index contributed by atoms with van der Waals surface area (Å²) < 4.78 is 0.640. The van der Waals surface area contributed by atoms with Crippen LogP contribution in [-0.4, -0.2) is 9.97 Å². The van der Waals surface area contributed by atoms with Crippen LogP contribution in [0.2, 0.25) is 10.0 Å². The van der Waals surface area contributed by atoms with E-state index in [0.717, 1.165) is 22.6 Å². The summed E-state index contributed by atoms with van der Waals surface area (Å²) in [6.07, 6.45) is 0.654. The molecule has 0 bridgehead atoms. The number of nitrogens with one attached hydrogen (secondary N) is 1. The molecule has 0 unspecified atom stereocenters. The lowest BCUT2D eigenvalue weighted by Gasteiger charge is -2.06. The number of hydrogen-bond donors (Lipinski definition) is 1. The van der Waals surface area contributed by atoms with E-state index in [4.69, 9.17) is 35.4 Å². The van der Waals surface area contributed by atoms with Gasteiger partial charge in [0, 0.05) is 17.7 Å². The molecule has 1 aromatic carbocycles. The Kier molecular flexibility index (Phi) is 4.05. The lowest BCUT2D eigenvalue weighted by molar-refractivity contribution is 0.918. The maximum Gasteiger partial charge on any atom is 0.132 e. The Hall–Kier alpha value is -0.900. The molecule has 2 nitrogen and oxygen atoms in total. The van der Waals surface area contributed by atoms with Crippen LogP contribution in [0.1, 0.15) is 22.6 Å². The first-order chi connectivity index (χ1) is 8.47. The van der Waals surface area contributed by atoms with Crippen molar-refractivity contribution in [3.05, 3.63) is 55.5 Å². The smallest absolute Gasteiger partial charge is 0.132 e. The molecule has 0 saturated heterocycles. The molecule has 0 radical (unpaired) electrons. The highest BCUT2D eigenvalue weighted by Gasteiger charge is 2.04. The van der Waals surface area contributed by atoms with Crippen LogP contribution < -0.4 is 0 Å². The van der Waals surface area contributed by atoms with Crippen molar-refractivity contribution in [3.63, 3.8) is 0 Å². The molecule has 1 heterocycles. The first-order valence-electron chi connectivity index (χ1n) is 5.47. The Morgan fingerprint density at radius 2 is 1.94 bits per heavy atom. The van der Waals surface area contributed by atoms with E-state index in [2.05, 4.69) is 9.97 Å². The molecule has 18 heavy (non-hydrogen) atoms. The minimum Gasteiger partial charge on any atom is -0.347 e. The third kappa shape index (κ3) is 2.91. The van der Waals surface area contributed by atoms with Crippen molar-refractivity contribution in [1.29, 1.82) is 0 Å². The molecule has 2 rings (SSSR count). The van der Waals surface area contributed by atoms with Gasteiger partial charge in [-0.1, -0.05) is 41.5 Å². The molecule has 0 aliphatic rings. The van der Waals surface area contributed by atoms with Crippen LogP contribution in [0.4, 0.5) is 0 Å². The van der Waals surface area contributed by atoms with Crippen LogP contribution in [0, 0.1) is 18.5 Å². The number of halogens is 2. The largest absolute Gasteiger partial charge is 0.347 e. The molecule has 1 N–H and O–H groups in total. The van der Waals surface area contributed by atoms with Crippen molar-refractivity contribution in [2.24, 2.45) is 0 Å². The Labute approximate surface area is 121 Å². The molecular formula is C13H12Cl2N2S. The predicted octanol–water partition coefficient (Wildman–Crippen LogP) is 4.65. The zero-order valence-electron chi connectivity index (χ0n) is 10.1. The Morgan fingerprint density at radius 1 is 1.22 bits per heavy atom. The third-order valence-corrected chi connectivity index (χ3v) is 3.94. The van der Waals surface area contributed by atoms with Crippen molar-refractivity contribution < 1.29 is 0 Å². The molecule has 0 fully saturated rings. The number of aryl methyl sites for hydroxylation is 1. The first kappa shape index (κ1) is 13.5. The first-order valence-corrected chi connectivity index (χ1v) is 6.64. The van der Waals surface area contributed by atoms with Gasteiger partial charge in [0.1, 0.15) is 10.5 Å². The summed E-state index contributed by atoms with van der Waals surface area (Å²) in [6.45, 7) is 3.95. The fourth-order valence-corrected chi connectivity index (χ4v) is 2.22. The fraction of sp³-hybridized carbons (Fsp3) is 0.231. The lowest BCUT2D eigenvalue weighted by Crippen LogP contribution is -2.01. The van der Waals surface area contributed by atoms with Crippen LogP contribution in [0.3, 0.4) is 0 Å².